The van der Waals surface area contributed by atoms with Crippen LogP contribution in [0.2, 0.25) is 0 Å². The Labute approximate surface area is 119 Å². The average molecular weight is 281 g/mol. The van der Waals surface area contributed by atoms with Crippen LogP contribution in [0, 0.1) is 13.8 Å². The van der Waals surface area contributed by atoms with Gasteiger partial charge in [-0.05, 0) is 51.4 Å². The van der Waals surface area contributed by atoms with E-state index in [-0.39, 0.29) is 5.91 Å². The number of rotatable bonds is 7. The number of nitrogens with zero attached hydrogens (tertiary/aromatic N) is 1. The Bertz CT molecular complexity index is 430. The molecule has 0 radical (unpaired) electrons. The zero-order chi connectivity index (χ0) is 14.5. The van der Waals surface area contributed by atoms with Gasteiger partial charge < -0.3 is 11.1 Å². The minimum atomic E-state index is -0.694. The van der Waals surface area contributed by atoms with Crippen molar-refractivity contribution in [2.75, 3.05) is 12.3 Å². The lowest BCUT2D eigenvalue weighted by atomic mass is 10.1. The van der Waals surface area contributed by atoms with Crippen LogP contribution >= 0.6 is 11.8 Å². The van der Waals surface area contributed by atoms with Gasteiger partial charge in [0.05, 0.1) is 5.03 Å². The van der Waals surface area contributed by atoms with E-state index in [1.165, 1.54) is 5.56 Å². The van der Waals surface area contributed by atoms with Gasteiger partial charge in [-0.3, -0.25) is 4.79 Å². The first-order valence-corrected chi connectivity index (χ1v) is 7.49. The molecule has 1 rings (SSSR count). The fourth-order valence-corrected chi connectivity index (χ4v) is 2.87. The number of carbonyl (C=O) groups is 1. The van der Waals surface area contributed by atoms with Crippen molar-refractivity contribution in [3.63, 3.8) is 0 Å². The number of nitrogens with two attached hydrogens (primary N) is 1. The molecule has 0 aliphatic carbocycles. The largest absolute Gasteiger partial charge is 0.368 e. The molecule has 0 aliphatic heterocycles. The third-order valence-corrected chi connectivity index (χ3v) is 4.12. The molecule has 1 aromatic rings. The number of pyridine rings is 1. The topological polar surface area (TPSA) is 68.0 Å². The summed E-state index contributed by atoms with van der Waals surface area (Å²) in [7, 11) is 0. The van der Waals surface area contributed by atoms with Gasteiger partial charge in [0.25, 0.3) is 0 Å². The van der Waals surface area contributed by atoms with Crippen LogP contribution in [0.25, 0.3) is 0 Å². The number of aryl methyl sites for hydroxylation is 2. The van der Waals surface area contributed by atoms with Crippen LogP contribution in [-0.4, -0.2) is 28.7 Å². The molecule has 0 bridgehead atoms. The third-order valence-electron chi connectivity index (χ3n) is 2.89. The quantitative estimate of drug-likeness (QED) is 0.750. The maximum absolute atomic E-state index is 11.6. The highest BCUT2D eigenvalue weighted by molar-refractivity contribution is 7.99. The molecule has 0 aromatic carbocycles. The minimum absolute atomic E-state index is 0.321. The molecule has 1 aromatic heterocycles. The van der Waals surface area contributed by atoms with E-state index in [0.717, 1.165) is 23.7 Å². The Morgan fingerprint density at radius 2 is 2.16 bits per heavy atom. The highest BCUT2D eigenvalue weighted by Gasteiger charge is 2.30. The first-order chi connectivity index (χ1) is 8.87. The van der Waals surface area contributed by atoms with E-state index in [4.69, 9.17) is 5.73 Å². The van der Waals surface area contributed by atoms with E-state index >= 15 is 0 Å². The van der Waals surface area contributed by atoms with Gasteiger partial charge in [-0.2, -0.15) is 0 Å². The van der Waals surface area contributed by atoms with Crippen molar-refractivity contribution in [1.82, 2.24) is 10.3 Å². The first kappa shape index (κ1) is 16.0. The van der Waals surface area contributed by atoms with Crippen molar-refractivity contribution in [2.45, 2.75) is 44.7 Å². The molecule has 5 heteroatoms. The molecule has 1 atom stereocenters. The summed E-state index contributed by atoms with van der Waals surface area (Å²) in [5, 5.41) is 4.16. The Morgan fingerprint density at radius 3 is 2.68 bits per heavy atom. The van der Waals surface area contributed by atoms with E-state index in [2.05, 4.69) is 17.2 Å². The van der Waals surface area contributed by atoms with Crippen LogP contribution in [0.5, 0.6) is 0 Å². The summed E-state index contributed by atoms with van der Waals surface area (Å²) in [5.41, 5.74) is 6.97. The van der Waals surface area contributed by atoms with Gasteiger partial charge in [0, 0.05) is 11.4 Å². The lowest BCUT2D eigenvalue weighted by Crippen LogP contribution is -2.55. The molecular formula is C14H23N3OS. The van der Waals surface area contributed by atoms with Gasteiger partial charge in [-0.1, -0.05) is 6.92 Å². The fourth-order valence-electron chi connectivity index (χ4n) is 1.71. The summed E-state index contributed by atoms with van der Waals surface area (Å²) in [5.74, 6) is 0.260. The van der Waals surface area contributed by atoms with Gasteiger partial charge >= 0.3 is 0 Å². The van der Waals surface area contributed by atoms with Gasteiger partial charge in [0.1, 0.15) is 5.54 Å². The van der Waals surface area contributed by atoms with Crippen LogP contribution < -0.4 is 11.1 Å². The predicted molar refractivity (Wildman–Crippen MR) is 80.3 cm³/mol. The van der Waals surface area contributed by atoms with Gasteiger partial charge in [-0.25, -0.2) is 4.98 Å². The molecule has 19 heavy (non-hydrogen) atoms. The predicted octanol–water partition coefficient (Wildman–Crippen LogP) is 2.03. The first-order valence-electron chi connectivity index (χ1n) is 6.50. The lowest BCUT2D eigenvalue weighted by Gasteiger charge is -2.26. The molecule has 1 unspecified atom stereocenters. The van der Waals surface area contributed by atoms with E-state index in [1.807, 2.05) is 32.9 Å². The number of aromatic nitrogens is 1. The highest BCUT2D eigenvalue weighted by Crippen LogP contribution is 2.22. The smallest absolute Gasteiger partial charge is 0.238 e. The number of primary amides is 1. The van der Waals surface area contributed by atoms with Crippen molar-refractivity contribution in [3.8, 4) is 0 Å². The second-order valence-corrected chi connectivity index (χ2v) is 6.03. The van der Waals surface area contributed by atoms with Crippen molar-refractivity contribution >= 4 is 17.7 Å². The average Bonchev–Trinajstić information content (AvgIpc) is 2.32. The lowest BCUT2D eigenvalue weighted by molar-refractivity contribution is -0.122. The van der Waals surface area contributed by atoms with E-state index in [9.17, 15) is 4.79 Å². The molecule has 0 saturated carbocycles. The van der Waals surface area contributed by atoms with E-state index in [1.54, 1.807) is 11.8 Å². The number of hydrogen-bond acceptors (Lipinski definition) is 4. The monoisotopic (exact) mass is 281 g/mol. The number of hydrogen-bond donors (Lipinski definition) is 2. The molecule has 106 valence electrons. The number of thioether (sulfide) groups is 1. The Kier molecular flexibility index (Phi) is 5.82. The number of nitrogens with one attached hydrogen (secondary N) is 1. The Morgan fingerprint density at radius 1 is 1.47 bits per heavy atom. The summed E-state index contributed by atoms with van der Waals surface area (Å²) < 4.78 is 0. The molecule has 0 fully saturated rings. The van der Waals surface area contributed by atoms with E-state index < -0.39 is 5.54 Å². The summed E-state index contributed by atoms with van der Waals surface area (Å²) >= 11 is 1.56. The van der Waals surface area contributed by atoms with Crippen molar-refractivity contribution in [3.05, 3.63) is 23.4 Å². The highest BCUT2D eigenvalue weighted by atomic mass is 32.2. The standard InChI is InChI=1S/C14H23N3OS/c1-5-6-16-14(4,13(15)18)9-19-12-8-10(2)7-11(3)17-12/h7-8,16H,5-6,9H2,1-4H3,(H2,15,18). The summed E-state index contributed by atoms with van der Waals surface area (Å²) in [6.45, 7) is 8.70. The molecule has 3 N–H and O–H groups in total. The molecule has 0 aliphatic rings. The van der Waals surface area contributed by atoms with Gasteiger partial charge in [0.15, 0.2) is 0 Å². The minimum Gasteiger partial charge on any atom is -0.368 e. The zero-order valence-corrected chi connectivity index (χ0v) is 12.9. The Balaban J connectivity index is 2.73. The molecule has 0 saturated heterocycles. The third kappa shape index (κ3) is 4.84. The summed E-state index contributed by atoms with van der Waals surface area (Å²) in [6.07, 6.45) is 0.968. The fraction of sp³-hybridized carbons (Fsp3) is 0.571. The van der Waals surface area contributed by atoms with Crippen LogP contribution in [0.3, 0.4) is 0 Å². The molecular weight excluding hydrogens is 258 g/mol. The van der Waals surface area contributed by atoms with Gasteiger partial charge in [-0.15, -0.1) is 11.8 Å². The SMILES string of the molecule is CCCNC(C)(CSc1cc(C)cc(C)n1)C(N)=O. The summed E-state index contributed by atoms with van der Waals surface area (Å²) in [6, 6.07) is 4.06. The van der Waals surface area contributed by atoms with Crippen molar-refractivity contribution in [1.29, 1.82) is 0 Å². The molecule has 1 heterocycles. The normalized spacial score (nSPS) is 14.1. The summed E-state index contributed by atoms with van der Waals surface area (Å²) in [4.78, 5) is 16.1. The zero-order valence-electron chi connectivity index (χ0n) is 12.1. The van der Waals surface area contributed by atoms with E-state index in [0.29, 0.717) is 5.75 Å². The van der Waals surface area contributed by atoms with Crippen LogP contribution in [0.4, 0.5) is 0 Å². The number of carbonyl (C=O) groups excluding carboxylic acids is 1. The molecule has 0 spiro atoms. The van der Waals surface area contributed by atoms with Crippen LogP contribution in [0.15, 0.2) is 17.2 Å². The van der Waals surface area contributed by atoms with Crippen LogP contribution in [-0.2, 0) is 4.79 Å². The molecule has 4 nitrogen and oxygen atoms in total. The second kappa shape index (κ2) is 6.91. The molecule has 1 amide bonds. The van der Waals surface area contributed by atoms with Crippen molar-refractivity contribution < 1.29 is 4.79 Å². The second-order valence-electron chi connectivity index (χ2n) is 5.04. The number of amides is 1. The maximum Gasteiger partial charge on any atom is 0.238 e. The van der Waals surface area contributed by atoms with Gasteiger partial charge in [0.2, 0.25) is 5.91 Å². The van der Waals surface area contributed by atoms with Crippen LogP contribution in [0.1, 0.15) is 31.5 Å². The maximum atomic E-state index is 11.6. The van der Waals surface area contributed by atoms with Crippen molar-refractivity contribution in [2.24, 2.45) is 5.73 Å². The Hall–Kier alpha value is -1.07.